The third-order valence-electron chi connectivity index (χ3n) is 7.39. The molecule has 0 aromatic heterocycles. The van der Waals surface area contributed by atoms with E-state index in [0.717, 1.165) is 27.8 Å². The smallest absolute Gasteiger partial charge is 0.407 e. The predicted molar refractivity (Wildman–Crippen MR) is 145 cm³/mol. The quantitative estimate of drug-likeness (QED) is 0.421. The average Bonchev–Trinajstić information content (AvgIpc) is 3.28. The maximum absolute atomic E-state index is 13.2. The van der Waals surface area contributed by atoms with Crippen LogP contribution in [0.25, 0.3) is 11.1 Å². The van der Waals surface area contributed by atoms with E-state index < -0.39 is 30.4 Å². The molecule has 1 heterocycles. The van der Waals surface area contributed by atoms with Crippen LogP contribution < -0.4 is 5.32 Å². The number of carboxylic acid groups (broad SMARTS) is 1. The Morgan fingerprint density at radius 1 is 0.872 bits per heavy atom. The number of piperidine rings is 1. The summed E-state index contributed by atoms with van der Waals surface area (Å²) in [5.74, 6) is -1.73. The Kier molecular flexibility index (Phi) is 8.22. The number of benzene rings is 3. The Balaban J connectivity index is 1.15. The molecule has 1 aliphatic heterocycles. The van der Waals surface area contributed by atoms with Crippen LogP contribution in [0.4, 0.5) is 4.79 Å². The highest BCUT2D eigenvalue weighted by atomic mass is 16.5. The van der Waals surface area contributed by atoms with Gasteiger partial charge in [0.15, 0.2) is 0 Å². The molecular formula is C31H32N2O6. The number of amides is 2. The third-order valence-corrected chi connectivity index (χ3v) is 7.39. The lowest BCUT2D eigenvalue weighted by atomic mass is 9.98. The number of alkyl carbamates (subject to hydrolysis) is 1. The molecule has 202 valence electrons. The van der Waals surface area contributed by atoms with E-state index in [2.05, 4.69) is 5.32 Å². The van der Waals surface area contributed by atoms with Gasteiger partial charge in [0.25, 0.3) is 0 Å². The molecule has 2 N–H and O–H groups in total. The van der Waals surface area contributed by atoms with Gasteiger partial charge >= 0.3 is 12.1 Å². The molecule has 39 heavy (non-hydrogen) atoms. The van der Waals surface area contributed by atoms with Crippen LogP contribution in [0.3, 0.4) is 0 Å². The number of likely N-dealkylation sites (tertiary alicyclic amines) is 1. The van der Waals surface area contributed by atoms with Crippen molar-refractivity contribution in [3.63, 3.8) is 0 Å². The van der Waals surface area contributed by atoms with E-state index in [4.69, 9.17) is 9.47 Å². The lowest BCUT2D eigenvalue weighted by molar-refractivity contribution is -0.143. The molecule has 8 heteroatoms. The summed E-state index contributed by atoms with van der Waals surface area (Å²) in [5, 5.41) is 11.9. The van der Waals surface area contributed by atoms with Crippen molar-refractivity contribution in [2.45, 2.75) is 43.9 Å². The lowest BCUT2D eigenvalue weighted by Gasteiger charge is -2.34. The van der Waals surface area contributed by atoms with Crippen LogP contribution in [-0.2, 0) is 25.7 Å². The number of nitrogens with one attached hydrogen (secondary N) is 1. The zero-order valence-corrected chi connectivity index (χ0v) is 21.6. The second kappa shape index (κ2) is 12.1. The molecule has 1 saturated heterocycles. The van der Waals surface area contributed by atoms with E-state index in [1.54, 1.807) is 4.90 Å². The summed E-state index contributed by atoms with van der Waals surface area (Å²) in [7, 11) is 0. The van der Waals surface area contributed by atoms with Crippen LogP contribution in [0.5, 0.6) is 0 Å². The fourth-order valence-electron chi connectivity index (χ4n) is 5.41. The zero-order chi connectivity index (χ0) is 27.2. The SMILES string of the molecule is O=C(O)CC(NC(=O)OCC1c2ccccc2-c2ccccc21)C(=O)N1CCC(OCc2ccccc2)CC1. The van der Waals surface area contributed by atoms with Gasteiger partial charge in [0.2, 0.25) is 5.91 Å². The van der Waals surface area contributed by atoms with Crippen LogP contribution in [0, 0.1) is 0 Å². The highest BCUT2D eigenvalue weighted by Gasteiger charge is 2.33. The summed E-state index contributed by atoms with van der Waals surface area (Å²) in [6.45, 7) is 1.45. The first-order valence-electron chi connectivity index (χ1n) is 13.3. The first-order chi connectivity index (χ1) is 19.0. The molecule has 2 aliphatic rings. The van der Waals surface area contributed by atoms with Crippen molar-refractivity contribution in [1.29, 1.82) is 0 Å². The minimum atomic E-state index is -1.21. The highest BCUT2D eigenvalue weighted by molar-refractivity contribution is 5.89. The molecule has 0 saturated carbocycles. The zero-order valence-electron chi connectivity index (χ0n) is 21.6. The lowest BCUT2D eigenvalue weighted by Crippen LogP contribution is -2.52. The molecule has 8 nitrogen and oxygen atoms in total. The fourth-order valence-corrected chi connectivity index (χ4v) is 5.41. The molecule has 0 spiro atoms. The summed E-state index contributed by atoms with van der Waals surface area (Å²) in [6.07, 6.45) is -0.0279. The standard InChI is InChI=1S/C31H32N2O6/c34-29(35)18-28(30(36)33-16-14-22(15-17-33)38-19-21-8-2-1-3-9-21)32-31(37)39-20-27-25-12-6-4-10-23(25)24-11-5-7-13-26(24)27/h1-13,22,27-28H,14-20H2,(H,32,37)(H,34,35). The van der Waals surface area contributed by atoms with E-state index >= 15 is 0 Å². The molecule has 1 atom stereocenters. The number of hydrogen-bond acceptors (Lipinski definition) is 5. The first kappa shape index (κ1) is 26.4. The molecule has 1 aliphatic carbocycles. The van der Waals surface area contributed by atoms with Gasteiger partial charge in [-0.25, -0.2) is 4.79 Å². The Morgan fingerprint density at radius 3 is 2.08 bits per heavy atom. The number of carbonyl (C=O) groups is 3. The molecular weight excluding hydrogens is 496 g/mol. The van der Waals surface area contributed by atoms with Crippen molar-refractivity contribution < 1.29 is 29.0 Å². The van der Waals surface area contributed by atoms with Crippen LogP contribution in [-0.4, -0.2) is 59.8 Å². The van der Waals surface area contributed by atoms with Crippen molar-refractivity contribution >= 4 is 18.0 Å². The molecule has 3 aromatic rings. The second-order valence-corrected chi connectivity index (χ2v) is 9.94. The van der Waals surface area contributed by atoms with Crippen LogP contribution in [0.15, 0.2) is 78.9 Å². The van der Waals surface area contributed by atoms with E-state index in [1.165, 1.54) is 0 Å². The van der Waals surface area contributed by atoms with Crippen LogP contribution in [0.2, 0.25) is 0 Å². The third kappa shape index (κ3) is 6.29. The van der Waals surface area contributed by atoms with Gasteiger partial charge in [-0.1, -0.05) is 78.9 Å². The molecule has 5 rings (SSSR count). The van der Waals surface area contributed by atoms with Gasteiger partial charge in [-0.2, -0.15) is 0 Å². The first-order valence-corrected chi connectivity index (χ1v) is 13.3. The summed E-state index contributed by atoms with van der Waals surface area (Å²) >= 11 is 0. The van der Waals surface area contributed by atoms with E-state index in [0.29, 0.717) is 32.5 Å². The normalized spacial score (nSPS) is 15.7. The molecule has 3 aromatic carbocycles. The number of carbonyl (C=O) groups excluding carboxylic acids is 2. The van der Waals surface area contributed by atoms with E-state index in [9.17, 15) is 19.5 Å². The summed E-state index contributed by atoms with van der Waals surface area (Å²) in [6, 6.07) is 24.7. The minimum Gasteiger partial charge on any atom is -0.481 e. The number of rotatable bonds is 9. The minimum absolute atomic E-state index is 0.0160. The van der Waals surface area contributed by atoms with Gasteiger partial charge in [0.05, 0.1) is 19.1 Å². The number of carboxylic acids is 1. The topological polar surface area (TPSA) is 105 Å². The monoisotopic (exact) mass is 528 g/mol. The Labute approximate surface area is 227 Å². The maximum Gasteiger partial charge on any atom is 0.407 e. The number of aliphatic carboxylic acids is 1. The Hall–Kier alpha value is -4.17. The van der Waals surface area contributed by atoms with Crippen molar-refractivity contribution in [3.8, 4) is 11.1 Å². The highest BCUT2D eigenvalue weighted by Crippen LogP contribution is 2.44. The molecule has 2 amide bonds. The predicted octanol–water partition coefficient (Wildman–Crippen LogP) is 4.58. The summed E-state index contributed by atoms with van der Waals surface area (Å²) in [4.78, 5) is 39.1. The van der Waals surface area contributed by atoms with Gasteiger partial charge in [-0.15, -0.1) is 0 Å². The number of ether oxygens (including phenoxy) is 2. The van der Waals surface area contributed by atoms with E-state index in [1.807, 2.05) is 78.9 Å². The number of fused-ring (bicyclic) bond motifs is 3. The molecule has 0 bridgehead atoms. The van der Waals surface area contributed by atoms with Crippen molar-refractivity contribution in [1.82, 2.24) is 10.2 Å². The molecule has 0 radical (unpaired) electrons. The fraction of sp³-hybridized carbons (Fsp3) is 0.323. The van der Waals surface area contributed by atoms with Crippen molar-refractivity contribution in [2.75, 3.05) is 19.7 Å². The van der Waals surface area contributed by atoms with Gasteiger partial charge in [-0.05, 0) is 40.7 Å². The van der Waals surface area contributed by atoms with Gasteiger partial charge in [0.1, 0.15) is 12.6 Å². The van der Waals surface area contributed by atoms with Crippen LogP contribution >= 0.6 is 0 Å². The van der Waals surface area contributed by atoms with Crippen molar-refractivity contribution in [2.24, 2.45) is 0 Å². The molecule has 1 fully saturated rings. The number of hydrogen-bond donors (Lipinski definition) is 2. The summed E-state index contributed by atoms with van der Waals surface area (Å²) in [5.41, 5.74) is 5.45. The summed E-state index contributed by atoms with van der Waals surface area (Å²) < 4.78 is 11.5. The van der Waals surface area contributed by atoms with Gasteiger partial charge in [-0.3, -0.25) is 9.59 Å². The van der Waals surface area contributed by atoms with Crippen molar-refractivity contribution in [3.05, 3.63) is 95.6 Å². The van der Waals surface area contributed by atoms with Crippen LogP contribution in [0.1, 0.15) is 41.9 Å². The van der Waals surface area contributed by atoms with Gasteiger partial charge in [0, 0.05) is 19.0 Å². The average molecular weight is 529 g/mol. The molecule has 1 unspecified atom stereocenters. The second-order valence-electron chi connectivity index (χ2n) is 9.94. The largest absolute Gasteiger partial charge is 0.481 e. The Bertz CT molecular complexity index is 1270. The number of nitrogens with zero attached hydrogens (tertiary/aromatic N) is 1. The Morgan fingerprint density at radius 2 is 1.46 bits per heavy atom. The van der Waals surface area contributed by atoms with E-state index in [-0.39, 0.29) is 18.6 Å². The van der Waals surface area contributed by atoms with Gasteiger partial charge < -0.3 is 24.8 Å². The maximum atomic E-state index is 13.2.